The van der Waals surface area contributed by atoms with Crippen molar-refractivity contribution in [3.63, 3.8) is 0 Å². The fourth-order valence-corrected chi connectivity index (χ4v) is 2.81. The van der Waals surface area contributed by atoms with Crippen LogP contribution in [0.1, 0.15) is 25.3 Å². The SMILES string of the molecule is Cc1cc(CNCC(C)(C)CNc2nc(N)n3nc(-c4ccco4)nc3n2)no1. The van der Waals surface area contributed by atoms with Crippen LogP contribution < -0.4 is 16.4 Å². The number of nitrogens with one attached hydrogen (secondary N) is 2. The second-order valence-corrected chi connectivity index (χ2v) is 7.58. The van der Waals surface area contributed by atoms with E-state index in [1.807, 2.05) is 13.0 Å². The third-order valence-corrected chi connectivity index (χ3v) is 4.29. The van der Waals surface area contributed by atoms with Gasteiger partial charge in [0, 0.05) is 25.7 Å². The summed E-state index contributed by atoms with van der Waals surface area (Å²) in [4.78, 5) is 13.0. The molecule has 0 bridgehead atoms. The Balaban J connectivity index is 1.39. The zero-order valence-electron chi connectivity index (χ0n) is 16.5. The molecule has 29 heavy (non-hydrogen) atoms. The molecule has 0 saturated heterocycles. The number of nitrogens with zero attached hydrogens (tertiary/aromatic N) is 6. The van der Waals surface area contributed by atoms with Crippen molar-refractivity contribution in [3.8, 4) is 11.6 Å². The predicted octanol–water partition coefficient (Wildman–Crippen LogP) is 1.89. The Bertz CT molecular complexity index is 1100. The van der Waals surface area contributed by atoms with E-state index in [1.165, 1.54) is 4.52 Å². The Morgan fingerprint density at radius 2 is 2.07 bits per heavy atom. The lowest BCUT2D eigenvalue weighted by Gasteiger charge is -2.25. The number of rotatable bonds is 8. The number of furan rings is 1. The molecule has 4 heterocycles. The van der Waals surface area contributed by atoms with E-state index >= 15 is 0 Å². The van der Waals surface area contributed by atoms with Crippen LogP contribution in [0, 0.1) is 12.3 Å². The third-order valence-electron chi connectivity index (χ3n) is 4.29. The second kappa shape index (κ2) is 7.51. The summed E-state index contributed by atoms with van der Waals surface area (Å²) < 4.78 is 11.8. The van der Waals surface area contributed by atoms with Crippen LogP contribution in [0.15, 0.2) is 33.4 Å². The van der Waals surface area contributed by atoms with Gasteiger partial charge in [-0.25, -0.2) is 0 Å². The third kappa shape index (κ3) is 4.35. The molecule has 0 fully saturated rings. The maximum atomic E-state index is 6.02. The Morgan fingerprint density at radius 1 is 1.21 bits per heavy atom. The van der Waals surface area contributed by atoms with Gasteiger partial charge in [0.2, 0.25) is 17.7 Å². The van der Waals surface area contributed by atoms with E-state index in [1.54, 1.807) is 18.4 Å². The van der Waals surface area contributed by atoms with Crippen LogP contribution >= 0.6 is 0 Å². The molecule has 4 N–H and O–H groups in total. The largest absolute Gasteiger partial charge is 0.461 e. The van der Waals surface area contributed by atoms with Gasteiger partial charge >= 0.3 is 0 Å². The first kappa shape index (κ1) is 18.9. The number of nitrogen functional groups attached to an aromatic ring is 1. The molecule has 0 aliphatic rings. The number of nitrogens with two attached hydrogens (primary N) is 1. The molecule has 0 radical (unpaired) electrons. The van der Waals surface area contributed by atoms with Crippen molar-refractivity contribution in [1.29, 1.82) is 0 Å². The summed E-state index contributed by atoms with van der Waals surface area (Å²) in [6, 6.07) is 5.45. The van der Waals surface area contributed by atoms with Crippen LogP contribution in [-0.2, 0) is 6.54 Å². The molecule has 0 amide bonds. The predicted molar refractivity (Wildman–Crippen MR) is 106 cm³/mol. The molecule has 0 spiro atoms. The highest BCUT2D eigenvalue weighted by Crippen LogP contribution is 2.19. The lowest BCUT2D eigenvalue weighted by Crippen LogP contribution is -2.35. The highest BCUT2D eigenvalue weighted by Gasteiger charge is 2.19. The van der Waals surface area contributed by atoms with Crippen LogP contribution in [0.5, 0.6) is 0 Å². The van der Waals surface area contributed by atoms with E-state index in [9.17, 15) is 0 Å². The monoisotopic (exact) mass is 397 g/mol. The topological polar surface area (TPSA) is 145 Å². The van der Waals surface area contributed by atoms with Crippen LogP contribution in [-0.4, -0.2) is 42.8 Å². The number of hydrogen-bond donors (Lipinski definition) is 3. The molecule has 4 aromatic rings. The van der Waals surface area contributed by atoms with E-state index in [-0.39, 0.29) is 11.4 Å². The number of aryl methyl sites for hydroxylation is 1. The summed E-state index contributed by atoms with van der Waals surface area (Å²) >= 11 is 0. The van der Waals surface area contributed by atoms with Crippen molar-refractivity contribution in [1.82, 2.24) is 35.0 Å². The molecule has 0 aliphatic heterocycles. The summed E-state index contributed by atoms with van der Waals surface area (Å²) in [6.45, 7) is 8.18. The van der Waals surface area contributed by atoms with Gasteiger partial charge < -0.3 is 25.3 Å². The second-order valence-electron chi connectivity index (χ2n) is 7.58. The van der Waals surface area contributed by atoms with E-state index in [2.05, 4.69) is 49.7 Å². The number of aromatic nitrogens is 6. The van der Waals surface area contributed by atoms with Crippen LogP contribution in [0.25, 0.3) is 17.4 Å². The van der Waals surface area contributed by atoms with Crippen molar-refractivity contribution >= 4 is 17.7 Å². The highest BCUT2D eigenvalue weighted by molar-refractivity contribution is 5.52. The van der Waals surface area contributed by atoms with Gasteiger partial charge in [0.25, 0.3) is 5.78 Å². The zero-order chi connectivity index (χ0) is 20.4. The molecular formula is C18H23N9O2. The minimum Gasteiger partial charge on any atom is -0.461 e. The number of hydrogen-bond acceptors (Lipinski definition) is 10. The zero-order valence-corrected chi connectivity index (χ0v) is 16.5. The average Bonchev–Trinajstić information content (AvgIpc) is 3.40. The van der Waals surface area contributed by atoms with Crippen molar-refractivity contribution < 1.29 is 8.94 Å². The quantitative estimate of drug-likeness (QED) is 0.403. The lowest BCUT2D eigenvalue weighted by molar-refractivity contribution is 0.352. The van der Waals surface area contributed by atoms with Gasteiger partial charge in [-0.2, -0.15) is 19.5 Å². The fraction of sp³-hybridized carbons (Fsp3) is 0.389. The van der Waals surface area contributed by atoms with E-state index < -0.39 is 0 Å². The first-order valence-corrected chi connectivity index (χ1v) is 9.21. The molecule has 4 rings (SSSR count). The minimum atomic E-state index is -0.0734. The van der Waals surface area contributed by atoms with Crippen LogP contribution in [0.2, 0.25) is 0 Å². The van der Waals surface area contributed by atoms with Gasteiger partial charge in [0.1, 0.15) is 5.76 Å². The van der Waals surface area contributed by atoms with E-state index in [0.717, 1.165) is 18.0 Å². The number of anilines is 2. The molecule has 0 atom stereocenters. The fourth-order valence-electron chi connectivity index (χ4n) is 2.81. The van der Waals surface area contributed by atoms with Crippen LogP contribution in [0.3, 0.4) is 0 Å². The van der Waals surface area contributed by atoms with Gasteiger partial charge in [0.15, 0.2) is 5.76 Å². The Kier molecular flexibility index (Phi) is 4.89. The summed E-state index contributed by atoms with van der Waals surface area (Å²) in [5.74, 6) is 2.69. The molecule has 0 unspecified atom stereocenters. The smallest absolute Gasteiger partial charge is 0.259 e. The Hall–Kier alpha value is -3.47. The molecule has 11 heteroatoms. The molecule has 0 saturated carbocycles. The molecule has 0 aliphatic carbocycles. The van der Waals surface area contributed by atoms with E-state index in [4.69, 9.17) is 14.7 Å². The van der Waals surface area contributed by atoms with Gasteiger partial charge in [-0.1, -0.05) is 19.0 Å². The first-order valence-electron chi connectivity index (χ1n) is 9.21. The summed E-state index contributed by atoms with van der Waals surface area (Å²) in [7, 11) is 0. The van der Waals surface area contributed by atoms with Crippen molar-refractivity contribution in [2.24, 2.45) is 5.41 Å². The maximum Gasteiger partial charge on any atom is 0.259 e. The highest BCUT2D eigenvalue weighted by atomic mass is 16.5. The van der Waals surface area contributed by atoms with E-state index in [0.29, 0.717) is 36.4 Å². The first-order chi connectivity index (χ1) is 13.9. The molecular weight excluding hydrogens is 374 g/mol. The summed E-state index contributed by atoms with van der Waals surface area (Å²) in [5.41, 5.74) is 6.83. The summed E-state index contributed by atoms with van der Waals surface area (Å²) in [5, 5.41) is 14.9. The number of fused-ring (bicyclic) bond motifs is 1. The van der Waals surface area contributed by atoms with Gasteiger partial charge in [-0.05, 0) is 24.5 Å². The van der Waals surface area contributed by atoms with Gasteiger partial charge in [-0.15, -0.1) is 5.10 Å². The Labute approximate surface area is 166 Å². The van der Waals surface area contributed by atoms with Gasteiger partial charge in [-0.3, -0.25) is 0 Å². The maximum absolute atomic E-state index is 6.02. The van der Waals surface area contributed by atoms with Crippen LogP contribution in [0.4, 0.5) is 11.9 Å². The molecule has 11 nitrogen and oxygen atoms in total. The van der Waals surface area contributed by atoms with Crippen molar-refractivity contribution in [2.45, 2.75) is 27.3 Å². The summed E-state index contributed by atoms with van der Waals surface area (Å²) in [6.07, 6.45) is 1.56. The molecule has 152 valence electrons. The Morgan fingerprint density at radius 3 is 2.79 bits per heavy atom. The lowest BCUT2D eigenvalue weighted by atomic mass is 9.93. The van der Waals surface area contributed by atoms with Crippen molar-refractivity contribution in [2.75, 3.05) is 24.1 Å². The molecule has 0 aromatic carbocycles. The van der Waals surface area contributed by atoms with Crippen molar-refractivity contribution in [3.05, 3.63) is 35.9 Å². The average molecular weight is 397 g/mol. The standard InChI is InChI=1S/C18H23N9O2/c1-11-7-12(26-29-11)8-20-9-18(2,3)10-21-16-23-15(19)27-17(24-16)22-14(25-27)13-5-4-6-28-13/h4-7,20H,8-10H2,1-3H3,(H3,19,21,22,23,24,25). The normalized spacial score (nSPS) is 12.0. The van der Waals surface area contributed by atoms with Gasteiger partial charge in [0.05, 0.1) is 12.0 Å². The molecule has 4 aromatic heterocycles. The minimum absolute atomic E-state index is 0.0734.